The van der Waals surface area contributed by atoms with Gasteiger partial charge in [-0.1, -0.05) is 37.8 Å². The Balaban J connectivity index is 1.45. The van der Waals surface area contributed by atoms with E-state index in [1.807, 2.05) is 12.1 Å². The lowest BCUT2D eigenvalue weighted by Crippen LogP contribution is -2.50. The first-order chi connectivity index (χ1) is 19.6. The minimum absolute atomic E-state index is 0.0856. The van der Waals surface area contributed by atoms with Crippen LogP contribution in [0.25, 0.3) is 0 Å². The number of Topliss-reactive ketones (excluding diaryl/α,β-unsaturated/α-hetero) is 2. The van der Waals surface area contributed by atoms with Crippen molar-refractivity contribution in [1.82, 2.24) is 16.0 Å². The Morgan fingerprint density at radius 3 is 2.37 bits per heavy atom. The fraction of sp³-hybridized carbons (Fsp3) is 0.645. The van der Waals surface area contributed by atoms with E-state index in [0.29, 0.717) is 31.1 Å². The third-order valence-electron chi connectivity index (χ3n) is 8.71. The van der Waals surface area contributed by atoms with E-state index in [1.165, 1.54) is 0 Å². The lowest BCUT2D eigenvalue weighted by molar-refractivity contribution is -0.135. The molecule has 1 unspecified atom stereocenters. The average molecular weight is 570 g/mol. The fourth-order valence-corrected chi connectivity index (χ4v) is 5.81. The van der Waals surface area contributed by atoms with E-state index in [2.05, 4.69) is 16.0 Å². The third-order valence-corrected chi connectivity index (χ3v) is 8.71. The fourth-order valence-electron chi connectivity index (χ4n) is 5.81. The van der Waals surface area contributed by atoms with Crippen molar-refractivity contribution in [3.63, 3.8) is 0 Å². The second-order valence-electron chi connectivity index (χ2n) is 12.0. The van der Waals surface area contributed by atoms with Gasteiger partial charge in [0.1, 0.15) is 11.4 Å². The molecule has 224 valence electrons. The maximum Gasteiger partial charge on any atom is 0.225 e. The highest BCUT2D eigenvalue weighted by Gasteiger charge is 2.50. The summed E-state index contributed by atoms with van der Waals surface area (Å²) in [6, 6.07) is 5.83. The summed E-state index contributed by atoms with van der Waals surface area (Å²) >= 11 is 0. The van der Waals surface area contributed by atoms with Gasteiger partial charge >= 0.3 is 0 Å². The van der Waals surface area contributed by atoms with E-state index in [1.54, 1.807) is 33.1 Å². The number of ketones is 2. The number of ether oxygens (including phenoxy) is 2. The first-order valence-electron chi connectivity index (χ1n) is 14.8. The molecule has 0 bridgehead atoms. The van der Waals surface area contributed by atoms with Gasteiger partial charge in [-0.25, -0.2) is 0 Å². The molecule has 1 saturated carbocycles. The lowest BCUT2D eigenvalue weighted by atomic mass is 9.88. The summed E-state index contributed by atoms with van der Waals surface area (Å²) in [6.07, 6.45) is 5.78. The molecule has 0 spiro atoms. The molecule has 41 heavy (non-hydrogen) atoms. The summed E-state index contributed by atoms with van der Waals surface area (Å²) in [6.45, 7) is 3.96. The number of benzene rings is 1. The van der Waals surface area contributed by atoms with Crippen molar-refractivity contribution in [1.29, 1.82) is 0 Å². The highest BCUT2D eigenvalue weighted by Crippen LogP contribution is 2.34. The van der Waals surface area contributed by atoms with Gasteiger partial charge in [-0.2, -0.15) is 0 Å². The van der Waals surface area contributed by atoms with Crippen LogP contribution < -0.4 is 20.7 Å². The van der Waals surface area contributed by atoms with E-state index < -0.39 is 29.5 Å². The van der Waals surface area contributed by atoms with Gasteiger partial charge < -0.3 is 25.4 Å². The number of nitrogens with one attached hydrogen (secondary N) is 3. The number of piperidine rings is 1. The molecule has 1 aliphatic carbocycles. The smallest absolute Gasteiger partial charge is 0.225 e. The highest BCUT2D eigenvalue weighted by atomic mass is 16.6. The van der Waals surface area contributed by atoms with Crippen LogP contribution in [0, 0.1) is 17.8 Å². The second-order valence-corrected chi connectivity index (χ2v) is 12.0. The predicted molar refractivity (Wildman–Crippen MR) is 151 cm³/mol. The molecule has 1 aromatic carbocycles. The van der Waals surface area contributed by atoms with Crippen LogP contribution in [-0.2, 0) is 35.1 Å². The Kier molecular flexibility index (Phi) is 10.2. The molecule has 2 aliphatic heterocycles. The molecule has 2 heterocycles. The van der Waals surface area contributed by atoms with Gasteiger partial charge in [0.2, 0.25) is 17.7 Å². The molecule has 0 radical (unpaired) electrons. The molecule has 0 aromatic heterocycles. The minimum Gasteiger partial charge on any atom is -0.497 e. The van der Waals surface area contributed by atoms with Crippen molar-refractivity contribution in [2.75, 3.05) is 20.3 Å². The maximum absolute atomic E-state index is 13.8. The zero-order chi connectivity index (χ0) is 29.6. The molecule has 1 aromatic rings. The Morgan fingerprint density at radius 1 is 1.10 bits per heavy atom. The highest BCUT2D eigenvalue weighted by molar-refractivity contribution is 5.98. The van der Waals surface area contributed by atoms with Crippen LogP contribution >= 0.6 is 0 Å². The number of carbonyl (C=O) groups excluding carboxylic acids is 5. The van der Waals surface area contributed by atoms with Gasteiger partial charge in [0, 0.05) is 25.3 Å². The van der Waals surface area contributed by atoms with Crippen LogP contribution in [0.5, 0.6) is 5.75 Å². The van der Waals surface area contributed by atoms with Crippen LogP contribution in [-0.4, -0.2) is 67.2 Å². The quantitative estimate of drug-likeness (QED) is 0.292. The number of epoxide rings is 1. The summed E-state index contributed by atoms with van der Waals surface area (Å²) in [7, 11) is 1.58. The van der Waals surface area contributed by atoms with E-state index >= 15 is 0 Å². The molecule has 4 rings (SSSR count). The van der Waals surface area contributed by atoms with Gasteiger partial charge in [-0.15, -0.1) is 0 Å². The number of amides is 3. The van der Waals surface area contributed by atoms with Crippen molar-refractivity contribution in [3.8, 4) is 5.75 Å². The molecular formula is C31H43N3O7. The van der Waals surface area contributed by atoms with Crippen LogP contribution in [0.4, 0.5) is 0 Å². The van der Waals surface area contributed by atoms with E-state index in [0.717, 1.165) is 31.2 Å². The Hall–Kier alpha value is -3.27. The Morgan fingerprint density at radius 2 is 1.78 bits per heavy atom. The lowest BCUT2D eigenvalue weighted by Gasteiger charge is -2.26. The molecule has 3 amide bonds. The van der Waals surface area contributed by atoms with E-state index in [4.69, 9.17) is 9.47 Å². The Labute approximate surface area is 241 Å². The van der Waals surface area contributed by atoms with E-state index in [-0.39, 0.29) is 55.1 Å². The molecule has 3 fully saturated rings. The molecule has 3 N–H and O–H groups in total. The van der Waals surface area contributed by atoms with Crippen LogP contribution in [0.2, 0.25) is 0 Å². The number of methoxy groups -OCH3 is 1. The molecule has 10 nitrogen and oxygen atoms in total. The topological polar surface area (TPSA) is 143 Å². The van der Waals surface area contributed by atoms with Crippen LogP contribution in [0.1, 0.15) is 70.8 Å². The third kappa shape index (κ3) is 8.38. The zero-order valence-electron chi connectivity index (χ0n) is 24.3. The monoisotopic (exact) mass is 569 g/mol. The van der Waals surface area contributed by atoms with Crippen LogP contribution in [0.15, 0.2) is 24.3 Å². The number of hydrogen-bond donors (Lipinski definition) is 3. The first kappa shape index (κ1) is 30.7. The molecule has 5 atom stereocenters. The van der Waals surface area contributed by atoms with E-state index in [9.17, 15) is 24.0 Å². The summed E-state index contributed by atoms with van der Waals surface area (Å²) in [5, 5.41) is 8.45. The van der Waals surface area contributed by atoms with Crippen LogP contribution in [0.3, 0.4) is 0 Å². The van der Waals surface area contributed by atoms with Crippen molar-refractivity contribution >= 4 is 29.3 Å². The largest absolute Gasteiger partial charge is 0.497 e. The summed E-state index contributed by atoms with van der Waals surface area (Å²) in [4.78, 5) is 64.6. The van der Waals surface area contributed by atoms with Crippen molar-refractivity contribution in [3.05, 3.63) is 29.8 Å². The number of carbonyl (C=O) groups is 5. The predicted octanol–water partition coefficient (Wildman–Crippen LogP) is 2.27. The number of hydrogen-bond acceptors (Lipinski definition) is 7. The first-order valence-corrected chi connectivity index (χ1v) is 14.8. The molecule has 3 aliphatic rings. The zero-order valence-corrected chi connectivity index (χ0v) is 24.3. The molecule has 10 heteroatoms. The van der Waals surface area contributed by atoms with Crippen molar-refractivity contribution < 1.29 is 33.4 Å². The Bertz CT molecular complexity index is 1120. The van der Waals surface area contributed by atoms with Gasteiger partial charge in [-0.3, -0.25) is 24.0 Å². The normalized spacial score (nSPS) is 24.5. The minimum atomic E-state index is -0.866. The van der Waals surface area contributed by atoms with Gasteiger partial charge in [0.25, 0.3) is 0 Å². The molecular weight excluding hydrogens is 526 g/mol. The van der Waals surface area contributed by atoms with Gasteiger partial charge in [0.05, 0.1) is 31.7 Å². The van der Waals surface area contributed by atoms with Crippen molar-refractivity contribution in [2.45, 2.75) is 89.3 Å². The van der Waals surface area contributed by atoms with Gasteiger partial charge in [0.15, 0.2) is 11.6 Å². The summed E-state index contributed by atoms with van der Waals surface area (Å²) in [5.74, 6) is -1.21. The summed E-state index contributed by atoms with van der Waals surface area (Å²) in [5.41, 5.74) is -0.0144. The summed E-state index contributed by atoms with van der Waals surface area (Å²) < 4.78 is 10.7. The standard InChI is InChI=1S/C31H43N3O7/c1-19(33-29(38)22-10-13-27(36)32-17-22)26(35)16-23(14-21-8-11-24(40-3)12-9-21)30(39)34-25(15-20-6-4-5-7-20)28(37)31(2)18-41-31/h8-9,11-12,19-20,22-23,25H,4-7,10,13-18H2,1-3H3,(H,32,36)(H,33,38)(H,34,39)/t19-,22?,23-,25+,31-/m1/s1. The maximum atomic E-state index is 13.8. The van der Waals surface area contributed by atoms with Gasteiger partial charge in [-0.05, 0) is 56.7 Å². The van der Waals surface area contributed by atoms with Crippen molar-refractivity contribution in [2.24, 2.45) is 17.8 Å². The molecule has 2 saturated heterocycles. The average Bonchev–Trinajstić information content (AvgIpc) is 3.50. The SMILES string of the molecule is COc1ccc(C[C@H](CC(=O)[C@@H](C)NC(=O)C2CCC(=O)NC2)C(=O)N[C@@H](CC2CCCC2)C(=O)[C@@]2(C)CO2)cc1. The number of rotatable bonds is 14. The second kappa shape index (κ2) is 13.6.